The van der Waals surface area contributed by atoms with E-state index in [1.807, 2.05) is 0 Å². The minimum absolute atomic E-state index is 0.0259. The molecule has 0 saturated heterocycles. The summed E-state index contributed by atoms with van der Waals surface area (Å²) in [5.74, 6) is 0. The van der Waals surface area contributed by atoms with Crippen LogP contribution in [0.5, 0.6) is 0 Å². The second-order valence-electron chi connectivity index (χ2n) is 23.5. The number of fused-ring (bicyclic) bond motifs is 20. The molecule has 4 heterocycles. The van der Waals surface area contributed by atoms with E-state index < -0.39 is 0 Å². The van der Waals surface area contributed by atoms with Gasteiger partial charge in [-0.3, -0.25) is 0 Å². The summed E-state index contributed by atoms with van der Waals surface area (Å²) >= 11 is 0. The summed E-state index contributed by atoms with van der Waals surface area (Å²) in [5, 5.41) is 19.8. The van der Waals surface area contributed by atoms with E-state index in [0.29, 0.717) is 0 Å². The van der Waals surface area contributed by atoms with Crippen LogP contribution < -0.4 is 16.4 Å². The molecular formula is C82H51BN4. The van der Waals surface area contributed by atoms with Gasteiger partial charge in [0.2, 0.25) is 6.71 Å². The number of hydrogen-bond acceptors (Lipinski definition) is 0. The first kappa shape index (κ1) is 48.0. The van der Waals surface area contributed by atoms with Crippen LogP contribution in [0, 0.1) is 0 Å². The lowest BCUT2D eigenvalue weighted by Crippen LogP contribution is -2.51. The zero-order chi connectivity index (χ0) is 56.8. The lowest BCUT2D eigenvalue weighted by molar-refractivity contribution is 1.15. The van der Waals surface area contributed by atoms with Crippen molar-refractivity contribution in [2.24, 2.45) is 0 Å². The summed E-state index contributed by atoms with van der Waals surface area (Å²) < 4.78 is 10.1. The largest absolute Gasteiger partial charge is 0.307 e. The van der Waals surface area contributed by atoms with Gasteiger partial charge in [-0.05, 0) is 116 Å². The third-order valence-corrected chi connectivity index (χ3v) is 19.0. The molecule has 402 valence electrons. The van der Waals surface area contributed by atoms with E-state index >= 15 is 0 Å². The van der Waals surface area contributed by atoms with Gasteiger partial charge in [0.15, 0.2) is 0 Å². The van der Waals surface area contributed by atoms with Crippen LogP contribution in [-0.2, 0) is 0 Å². The summed E-state index contributed by atoms with van der Waals surface area (Å²) in [6, 6.07) is 115. The van der Waals surface area contributed by atoms with Gasteiger partial charge < -0.3 is 18.3 Å². The lowest BCUT2D eigenvalue weighted by atomic mass is 9.37. The molecule has 0 unspecified atom stereocenters. The summed E-state index contributed by atoms with van der Waals surface area (Å²) in [6.45, 7) is -0.0259. The molecule has 0 amide bonds. The Morgan fingerprint density at radius 2 is 0.437 bits per heavy atom. The summed E-state index contributed by atoms with van der Waals surface area (Å²) in [7, 11) is 0. The molecule has 0 aliphatic rings. The van der Waals surface area contributed by atoms with E-state index in [-0.39, 0.29) is 6.71 Å². The Morgan fingerprint density at radius 1 is 0.172 bits per heavy atom. The second kappa shape index (κ2) is 18.6. The predicted octanol–water partition coefficient (Wildman–Crippen LogP) is 19.2. The number of hydrogen-bond donors (Lipinski definition) is 0. The monoisotopic (exact) mass is 1100 g/mol. The predicted molar refractivity (Wildman–Crippen MR) is 371 cm³/mol. The zero-order valence-corrected chi connectivity index (χ0v) is 47.3. The van der Waals surface area contributed by atoms with E-state index in [1.54, 1.807) is 0 Å². The van der Waals surface area contributed by atoms with Crippen molar-refractivity contribution < 1.29 is 0 Å². The average molecular weight is 1100 g/mol. The van der Waals surface area contributed by atoms with Crippen molar-refractivity contribution in [3.8, 4) is 22.7 Å². The van der Waals surface area contributed by atoms with E-state index in [0.717, 1.165) is 22.7 Å². The molecule has 19 rings (SSSR count). The minimum Gasteiger partial charge on any atom is -0.307 e. The number of benzene rings is 15. The molecule has 0 aliphatic carbocycles. The van der Waals surface area contributed by atoms with Gasteiger partial charge in [-0.25, -0.2) is 0 Å². The molecule has 19 aromatic rings. The number of rotatable bonds is 7. The van der Waals surface area contributed by atoms with Crippen LogP contribution in [0.15, 0.2) is 309 Å². The first-order valence-corrected chi connectivity index (χ1v) is 30.2. The topological polar surface area (TPSA) is 19.7 Å². The maximum absolute atomic E-state index is 2.51. The summed E-state index contributed by atoms with van der Waals surface area (Å²) in [5.41, 5.74) is 17.7. The van der Waals surface area contributed by atoms with Gasteiger partial charge in [0.1, 0.15) is 0 Å². The number of nitrogens with zero attached hydrogens (tertiary/aromatic N) is 4. The second-order valence-corrected chi connectivity index (χ2v) is 23.5. The molecule has 5 heteroatoms. The SMILES string of the molecule is c1ccc(B(c2ccc(-n3c4ccccc4c4ccc5c6ccccc6n(-c6ccc7ccc8ccccc8c7c6)c5c43)cc2)c2ccc(-n3c4ccccc4c4ccc5c6ccccc6n(-c6ccc7ccc8ccccc8c7c6)c5c43)cc2)cc1. The standard InChI is InChI=1S/C82H51BN4/c1-2-18-56(19-3-1)83(57-36-42-59(43-37-57)84-75-26-12-8-22-65(75)69-46-48-71-67-24-10-14-28-77(67)86(81(71)79(69)84)61-40-34-54-32-30-52-16-4-6-20-63(52)73(54)50-61)58-38-44-60(45-39-58)85-76-27-13-9-23-66(76)70-47-49-72-68-25-11-15-29-78(68)87(82(72)80(70)85)62-41-35-55-33-31-53-17-5-7-21-64(53)74(55)51-62/h1-51H. The normalized spacial score (nSPS) is 12.1. The van der Waals surface area contributed by atoms with Gasteiger partial charge in [0.25, 0.3) is 0 Å². The fraction of sp³-hybridized carbons (Fsp3) is 0. The van der Waals surface area contributed by atoms with Crippen LogP contribution in [0.25, 0.3) is 153 Å². The van der Waals surface area contributed by atoms with Crippen LogP contribution in [0.4, 0.5) is 0 Å². The van der Waals surface area contributed by atoms with E-state index in [9.17, 15) is 0 Å². The Morgan fingerprint density at radius 3 is 0.805 bits per heavy atom. The van der Waals surface area contributed by atoms with Crippen molar-refractivity contribution in [1.29, 1.82) is 0 Å². The molecule has 4 nitrogen and oxygen atoms in total. The minimum atomic E-state index is -0.0259. The molecule has 15 aromatic carbocycles. The van der Waals surface area contributed by atoms with Crippen LogP contribution in [0.1, 0.15) is 0 Å². The summed E-state index contributed by atoms with van der Waals surface area (Å²) in [6.07, 6.45) is 0. The third kappa shape index (κ3) is 7.03. The Hall–Kier alpha value is -11.4. The first-order chi connectivity index (χ1) is 43.2. The fourth-order valence-electron chi connectivity index (χ4n) is 15.2. The number of aromatic nitrogens is 4. The maximum Gasteiger partial charge on any atom is 0.241 e. The van der Waals surface area contributed by atoms with Crippen LogP contribution in [0.2, 0.25) is 0 Å². The third-order valence-electron chi connectivity index (χ3n) is 19.0. The maximum atomic E-state index is 2.51. The highest BCUT2D eigenvalue weighted by Crippen LogP contribution is 2.45. The van der Waals surface area contributed by atoms with Gasteiger partial charge in [0.05, 0.1) is 44.1 Å². The van der Waals surface area contributed by atoms with Crippen molar-refractivity contribution in [1.82, 2.24) is 18.3 Å². The molecule has 0 saturated carbocycles. The van der Waals surface area contributed by atoms with E-state index in [1.165, 1.54) is 147 Å². The van der Waals surface area contributed by atoms with Crippen molar-refractivity contribution in [3.63, 3.8) is 0 Å². The fourth-order valence-corrected chi connectivity index (χ4v) is 15.2. The molecule has 0 bridgehead atoms. The number of para-hydroxylation sites is 4. The molecule has 4 aromatic heterocycles. The quantitative estimate of drug-likeness (QED) is 0.112. The van der Waals surface area contributed by atoms with E-state index in [4.69, 9.17) is 0 Å². The highest BCUT2D eigenvalue weighted by Gasteiger charge is 2.26. The smallest absolute Gasteiger partial charge is 0.241 e. The van der Waals surface area contributed by atoms with E-state index in [2.05, 4.69) is 328 Å². The molecule has 0 spiro atoms. The molecule has 87 heavy (non-hydrogen) atoms. The molecule has 0 aliphatic heterocycles. The molecule has 0 atom stereocenters. The van der Waals surface area contributed by atoms with Crippen molar-refractivity contribution in [2.45, 2.75) is 0 Å². The van der Waals surface area contributed by atoms with Gasteiger partial charge in [-0.1, -0.05) is 253 Å². The molecular weight excluding hydrogens is 1050 g/mol. The molecule has 0 radical (unpaired) electrons. The van der Waals surface area contributed by atoms with Gasteiger partial charge in [0, 0.05) is 65.8 Å². The van der Waals surface area contributed by atoms with Crippen LogP contribution in [-0.4, -0.2) is 25.0 Å². The lowest BCUT2D eigenvalue weighted by Gasteiger charge is -2.18. The van der Waals surface area contributed by atoms with Crippen molar-refractivity contribution >= 4 is 153 Å². The molecule has 0 N–H and O–H groups in total. The summed E-state index contributed by atoms with van der Waals surface area (Å²) in [4.78, 5) is 0. The highest BCUT2D eigenvalue weighted by atomic mass is 15.1. The van der Waals surface area contributed by atoms with Crippen LogP contribution >= 0.6 is 0 Å². The average Bonchev–Trinajstić information content (AvgIpc) is 1.93. The Bertz CT molecular complexity index is 5710. The molecule has 0 fully saturated rings. The van der Waals surface area contributed by atoms with Crippen LogP contribution in [0.3, 0.4) is 0 Å². The van der Waals surface area contributed by atoms with Gasteiger partial charge in [-0.2, -0.15) is 0 Å². The first-order valence-electron chi connectivity index (χ1n) is 30.2. The zero-order valence-electron chi connectivity index (χ0n) is 47.3. The Kier molecular flexibility index (Phi) is 10.2. The Balaban J connectivity index is 0.777. The van der Waals surface area contributed by atoms with Gasteiger partial charge in [-0.15, -0.1) is 0 Å². The van der Waals surface area contributed by atoms with Crippen molar-refractivity contribution in [3.05, 3.63) is 309 Å². The highest BCUT2D eigenvalue weighted by molar-refractivity contribution is 6.95. The van der Waals surface area contributed by atoms with Gasteiger partial charge >= 0.3 is 0 Å². The van der Waals surface area contributed by atoms with Crippen molar-refractivity contribution in [2.75, 3.05) is 0 Å². The Labute approximate surface area is 500 Å².